The molecule has 8 heteroatoms. The normalized spacial score (nSPS) is 11.6. The van der Waals surface area contributed by atoms with E-state index >= 15 is 0 Å². The summed E-state index contributed by atoms with van der Waals surface area (Å²) in [4.78, 5) is 35.0. The zero-order valence-corrected chi connectivity index (χ0v) is 13.2. The highest BCUT2D eigenvalue weighted by molar-refractivity contribution is 5.83. The van der Waals surface area contributed by atoms with Crippen LogP contribution in [0.1, 0.15) is 6.92 Å². The number of methoxy groups -OCH3 is 1. The van der Waals surface area contributed by atoms with Crippen molar-refractivity contribution in [1.29, 1.82) is 0 Å². The van der Waals surface area contributed by atoms with E-state index in [2.05, 4.69) is 15.2 Å². The van der Waals surface area contributed by atoms with Crippen LogP contribution in [0.25, 0.3) is 11.3 Å². The van der Waals surface area contributed by atoms with Crippen molar-refractivity contribution in [1.82, 2.24) is 15.1 Å². The summed E-state index contributed by atoms with van der Waals surface area (Å²) < 4.78 is 18.4. The minimum absolute atomic E-state index is 0.352. The smallest absolute Gasteiger partial charge is 0.328 e. The zero-order valence-electron chi connectivity index (χ0n) is 13.2. The highest BCUT2D eigenvalue weighted by Gasteiger charge is 2.16. The van der Waals surface area contributed by atoms with Crippen LogP contribution in [0.5, 0.6) is 0 Å². The lowest BCUT2D eigenvalue weighted by atomic mass is 10.1. The van der Waals surface area contributed by atoms with E-state index in [1.165, 1.54) is 50.4 Å². The Morgan fingerprint density at radius 2 is 1.92 bits per heavy atom. The molecule has 0 aliphatic rings. The fourth-order valence-electron chi connectivity index (χ4n) is 2.00. The van der Waals surface area contributed by atoms with Crippen LogP contribution < -0.4 is 10.9 Å². The quantitative estimate of drug-likeness (QED) is 0.815. The number of aromatic nitrogens is 2. The van der Waals surface area contributed by atoms with E-state index in [0.717, 1.165) is 4.68 Å². The summed E-state index contributed by atoms with van der Waals surface area (Å²) in [7, 11) is 1.21. The SMILES string of the molecule is COC(=O)[C@H](C)NC(=O)Cn1nc(-c2ccc(F)cc2)ccc1=O. The number of carbonyl (C=O) groups is 2. The standard InChI is InChI=1S/C16H16FN3O4/c1-10(16(23)24-2)18-14(21)9-20-15(22)8-7-13(19-20)11-3-5-12(17)6-4-11/h3-8,10H,9H2,1-2H3,(H,18,21)/t10-/m0/s1. The number of halogens is 1. The molecule has 0 fully saturated rings. The van der Waals surface area contributed by atoms with Crippen molar-refractivity contribution >= 4 is 11.9 Å². The lowest BCUT2D eigenvalue weighted by Crippen LogP contribution is -2.42. The van der Waals surface area contributed by atoms with Gasteiger partial charge in [-0.1, -0.05) is 0 Å². The van der Waals surface area contributed by atoms with Crippen molar-refractivity contribution in [2.75, 3.05) is 7.11 Å². The second kappa shape index (κ2) is 7.49. The first-order valence-electron chi connectivity index (χ1n) is 7.12. The fourth-order valence-corrected chi connectivity index (χ4v) is 2.00. The fraction of sp³-hybridized carbons (Fsp3) is 0.250. The molecule has 1 aromatic heterocycles. The highest BCUT2D eigenvalue weighted by atomic mass is 19.1. The van der Waals surface area contributed by atoms with Crippen LogP contribution >= 0.6 is 0 Å². The molecule has 1 amide bonds. The largest absolute Gasteiger partial charge is 0.467 e. The number of hydrogen-bond donors (Lipinski definition) is 1. The van der Waals surface area contributed by atoms with Crippen LogP contribution in [0.15, 0.2) is 41.2 Å². The molecule has 24 heavy (non-hydrogen) atoms. The van der Waals surface area contributed by atoms with Gasteiger partial charge in [-0.05, 0) is 37.3 Å². The van der Waals surface area contributed by atoms with Crippen LogP contribution in [0.3, 0.4) is 0 Å². The highest BCUT2D eigenvalue weighted by Crippen LogP contribution is 2.15. The van der Waals surface area contributed by atoms with Gasteiger partial charge in [-0.15, -0.1) is 0 Å². The molecule has 1 N–H and O–H groups in total. The number of nitrogens with one attached hydrogen (secondary N) is 1. The number of amides is 1. The van der Waals surface area contributed by atoms with Crippen molar-refractivity contribution in [3.05, 3.63) is 52.6 Å². The minimum Gasteiger partial charge on any atom is -0.467 e. The first-order chi connectivity index (χ1) is 11.4. The summed E-state index contributed by atoms with van der Waals surface area (Å²) >= 11 is 0. The summed E-state index contributed by atoms with van der Waals surface area (Å²) in [5.74, 6) is -1.54. The maximum atomic E-state index is 13.0. The van der Waals surface area contributed by atoms with Gasteiger partial charge in [0.1, 0.15) is 18.4 Å². The first-order valence-corrected chi connectivity index (χ1v) is 7.12. The summed E-state index contributed by atoms with van der Waals surface area (Å²) in [5, 5.41) is 6.50. The van der Waals surface area contributed by atoms with Crippen LogP contribution in [-0.2, 0) is 20.9 Å². The van der Waals surface area contributed by atoms with E-state index in [4.69, 9.17) is 0 Å². The van der Waals surface area contributed by atoms with Gasteiger partial charge >= 0.3 is 5.97 Å². The predicted molar refractivity (Wildman–Crippen MR) is 83.5 cm³/mol. The molecule has 0 saturated carbocycles. The van der Waals surface area contributed by atoms with Gasteiger partial charge in [-0.2, -0.15) is 5.10 Å². The Morgan fingerprint density at radius 3 is 2.54 bits per heavy atom. The Hall–Kier alpha value is -3.03. The molecule has 0 saturated heterocycles. The van der Waals surface area contributed by atoms with Gasteiger partial charge < -0.3 is 10.1 Å². The number of hydrogen-bond acceptors (Lipinski definition) is 5. The maximum absolute atomic E-state index is 13.0. The van der Waals surface area contributed by atoms with E-state index in [1.807, 2.05) is 0 Å². The van der Waals surface area contributed by atoms with E-state index < -0.39 is 23.5 Å². The molecule has 0 aliphatic heterocycles. The Morgan fingerprint density at radius 1 is 1.25 bits per heavy atom. The molecule has 2 rings (SSSR count). The molecule has 1 heterocycles. The molecule has 0 unspecified atom stereocenters. The molecule has 0 spiro atoms. The second-order valence-corrected chi connectivity index (χ2v) is 5.03. The maximum Gasteiger partial charge on any atom is 0.328 e. The van der Waals surface area contributed by atoms with Crippen molar-refractivity contribution in [2.45, 2.75) is 19.5 Å². The van der Waals surface area contributed by atoms with Crippen LogP contribution in [0.4, 0.5) is 4.39 Å². The van der Waals surface area contributed by atoms with Gasteiger partial charge in [0, 0.05) is 11.6 Å². The molecular formula is C16H16FN3O4. The molecule has 0 aliphatic carbocycles. The van der Waals surface area contributed by atoms with Crippen molar-refractivity contribution in [3.63, 3.8) is 0 Å². The third-order valence-corrected chi connectivity index (χ3v) is 3.23. The van der Waals surface area contributed by atoms with Gasteiger partial charge in [-0.3, -0.25) is 9.59 Å². The molecule has 0 radical (unpaired) electrons. The molecule has 126 valence electrons. The van der Waals surface area contributed by atoms with Crippen molar-refractivity contribution in [3.8, 4) is 11.3 Å². The van der Waals surface area contributed by atoms with E-state index in [9.17, 15) is 18.8 Å². The van der Waals surface area contributed by atoms with Crippen LogP contribution in [0, 0.1) is 5.82 Å². The number of rotatable bonds is 5. The van der Waals surface area contributed by atoms with Gasteiger partial charge in [0.2, 0.25) is 5.91 Å². The van der Waals surface area contributed by atoms with Crippen molar-refractivity contribution in [2.24, 2.45) is 0 Å². The lowest BCUT2D eigenvalue weighted by Gasteiger charge is -2.12. The van der Waals surface area contributed by atoms with E-state index in [1.54, 1.807) is 0 Å². The molecule has 0 bridgehead atoms. The summed E-state index contributed by atoms with van der Waals surface area (Å²) in [5.41, 5.74) is 0.554. The molecule has 1 atom stereocenters. The van der Waals surface area contributed by atoms with E-state index in [-0.39, 0.29) is 12.4 Å². The van der Waals surface area contributed by atoms with Crippen molar-refractivity contribution < 1.29 is 18.7 Å². The third kappa shape index (κ3) is 4.25. The molecular weight excluding hydrogens is 317 g/mol. The second-order valence-electron chi connectivity index (χ2n) is 5.03. The average Bonchev–Trinajstić information content (AvgIpc) is 2.56. The number of carbonyl (C=O) groups excluding carboxylic acids is 2. The van der Waals surface area contributed by atoms with E-state index in [0.29, 0.717) is 11.3 Å². The molecule has 2 aromatic rings. The Bertz CT molecular complexity index is 802. The summed E-state index contributed by atoms with van der Waals surface area (Å²) in [6.45, 7) is 1.12. The first kappa shape index (κ1) is 17.3. The van der Waals surface area contributed by atoms with Crippen LogP contribution in [0.2, 0.25) is 0 Å². The minimum atomic E-state index is -0.835. The summed E-state index contributed by atoms with van der Waals surface area (Å²) in [6, 6.07) is 7.51. The predicted octanol–water partition coefficient (Wildman–Crippen LogP) is 0.727. The van der Waals surface area contributed by atoms with Gasteiger partial charge in [0.25, 0.3) is 5.56 Å². The summed E-state index contributed by atoms with van der Waals surface area (Å²) in [6.07, 6.45) is 0. The number of ether oxygens (including phenoxy) is 1. The molecule has 7 nitrogen and oxygen atoms in total. The monoisotopic (exact) mass is 333 g/mol. The zero-order chi connectivity index (χ0) is 17.7. The van der Waals surface area contributed by atoms with Gasteiger partial charge in [0.05, 0.1) is 12.8 Å². The third-order valence-electron chi connectivity index (χ3n) is 3.23. The Kier molecular flexibility index (Phi) is 5.41. The Labute approximate surface area is 137 Å². The molecule has 1 aromatic carbocycles. The Balaban J connectivity index is 2.17. The average molecular weight is 333 g/mol. The number of nitrogens with zero attached hydrogens (tertiary/aromatic N) is 2. The number of esters is 1. The van der Waals surface area contributed by atoms with Gasteiger partial charge in [-0.25, -0.2) is 13.9 Å². The van der Waals surface area contributed by atoms with Gasteiger partial charge in [0.15, 0.2) is 0 Å². The number of benzene rings is 1. The van der Waals surface area contributed by atoms with Crippen LogP contribution in [-0.4, -0.2) is 34.8 Å². The topological polar surface area (TPSA) is 90.3 Å². The lowest BCUT2D eigenvalue weighted by molar-refractivity contribution is -0.144.